The number of rotatable bonds is 8. The maximum absolute atomic E-state index is 11.9. The van der Waals surface area contributed by atoms with E-state index < -0.39 is 23.1 Å². The van der Waals surface area contributed by atoms with E-state index in [2.05, 4.69) is 21.1 Å². The lowest BCUT2D eigenvalue weighted by molar-refractivity contribution is -0.122. The van der Waals surface area contributed by atoms with Gasteiger partial charge in [0.25, 0.3) is 0 Å². The minimum absolute atomic E-state index is 0.0519. The Bertz CT molecular complexity index is 1140. The van der Waals surface area contributed by atoms with E-state index in [4.69, 9.17) is 8.83 Å². The van der Waals surface area contributed by atoms with Gasteiger partial charge in [-0.05, 0) is 34.1 Å². The van der Waals surface area contributed by atoms with Gasteiger partial charge >= 0.3 is 11.3 Å². The van der Waals surface area contributed by atoms with Crippen LogP contribution in [0.5, 0.6) is 11.5 Å². The molecule has 4 N–H and O–H groups in total. The van der Waals surface area contributed by atoms with Crippen LogP contribution in [0.4, 0.5) is 0 Å². The predicted octanol–water partition coefficient (Wildman–Crippen LogP) is 1.17. The second-order valence-electron chi connectivity index (χ2n) is 7.13. The molecule has 12 nitrogen and oxygen atoms in total. The number of aromatic hydroxyl groups is 2. The minimum Gasteiger partial charge on any atom is -0.507 e. The van der Waals surface area contributed by atoms with Gasteiger partial charge in [-0.3, -0.25) is 9.59 Å². The topological polar surface area (TPSA) is 184 Å². The molecular formula is C21H24N4O8. The van der Waals surface area contributed by atoms with Crippen molar-refractivity contribution in [1.82, 2.24) is 10.9 Å². The first-order chi connectivity index (χ1) is 15.5. The number of aryl methyl sites for hydroxylation is 2. The molecule has 0 unspecified atom stereocenters. The van der Waals surface area contributed by atoms with Crippen molar-refractivity contribution in [2.45, 2.75) is 47.0 Å². The molecule has 33 heavy (non-hydrogen) atoms. The molecule has 0 aliphatic rings. The number of amides is 2. The number of nitrogens with one attached hydrogen (secondary N) is 2. The first-order valence-electron chi connectivity index (χ1n) is 9.84. The average molecular weight is 460 g/mol. The molecule has 0 aromatic carbocycles. The second kappa shape index (κ2) is 10.9. The predicted molar refractivity (Wildman–Crippen MR) is 117 cm³/mol. The molecular weight excluding hydrogens is 436 g/mol. The summed E-state index contributed by atoms with van der Waals surface area (Å²) in [5, 5.41) is 27.3. The van der Waals surface area contributed by atoms with Crippen LogP contribution in [-0.4, -0.2) is 33.5 Å². The van der Waals surface area contributed by atoms with Crippen molar-refractivity contribution in [2.75, 3.05) is 0 Å². The van der Waals surface area contributed by atoms with Gasteiger partial charge in [-0.2, -0.15) is 10.2 Å². The number of nitrogens with zero attached hydrogens (tertiary/aromatic N) is 2. The Morgan fingerprint density at radius 2 is 1.18 bits per heavy atom. The normalized spacial score (nSPS) is 11.9. The fourth-order valence-corrected chi connectivity index (χ4v) is 2.78. The van der Waals surface area contributed by atoms with Crippen LogP contribution in [0.1, 0.15) is 55.8 Å². The molecule has 0 spiro atoms. The molecule has 0 aliphatic carbocycles. The summed E-state index contributed by atoms with van der Waals surface area (Å²) in [6.07, 6.45) is 0.0596. The molecule has 176 valence electrons. The van der Waals surface area contributed by atoms with Crippen LogP contribution in [0.25, 0.3) is 0 Å². The average Bonchev–Trinajstić information content (AvgIpc) is 2.69. The quantitative estimate of drug-likeness (QED) is 0.334. The second-order valence-corrected chi connectivity index (χ2v) is 7.13. The Labute approximate surface area is 187 Å². The van der Waals surface area contributed by atoms with Gasteiger partial charge in [0.2, 0.25) is 11.8 Å². The number of carbonyl (C=O) groups is 2. The molecule has 0 fully saturated rings. The summed E-state index contributed by atoms with van der Waals surface area (Å²) in [6.45, 7) is 5.85. The molecule has 0 saturated heterocycles. The van der Waals surface area contributed by atoms with E-state index in [0.717, 1.165) is 0 Å². The van der Waals surface area contributed by atoms with Crippen molar-refractivity contribution in [3.63, 3.8) is 0 Å². The summed E-state index contributed by atoms with van der Waals surface area (Å²) < 4.78 is 9.79. The third-order valence-corrected chi connectivity index (χ3v) is 4.34. The fourth-order valence-electron chi connectivity index (χ4n) is 2.78. The van der Waals surface area contributed by atoms with Gasteiger partial charge < -0.3 is 19.0 Å². The van der Waals surface area contributed by atoms with Crippen LogP contribution < -0.4 is 22.1 Å². The number of carbonyl (C=O) groups excluding carboxylic acids is 2. The van der Waals surface area contributed by atoms with Crippen LogP contribution in [0.15, 0.2) is 40.8 Å². The van der Waals surface area contributed by atoms with Crippen LogP contribution in [0.3, 0.4) is 0 Å². The number of hydrogen-bond acceptors (Lipinski definition) is 10. The molecule has 2 amide bonds. The molecule has 2 heterocycles. The van der Waals surface area contributed by atoms with E-state index in [1.807, 2.05) is 0 Å². The summed E-state index contributed by atoms with van der Waals surface area (Å²) >= 11 is 0. The lowest BCUT2D eigenvalue weighted by atomic mass is 10.2. The van der Waals surface area contributed by atoms with Crippen LogP contribution >= 0.6 is 0 Å². The summed E-state index contributed by atoms with van der Waals surface area (Å²) in [5.74, 6) is -1.20. The highest BCUT2D eigenvalue weighted by Crippen LogP contribution is 2.16. The van der Waals surface area contributed by atoms with Gasteiger partial charge in [-0.15, -0.1) is 0 Å². The maximum Gasteiger partial charge on any atom is 0.348 e. The molecule has 12 heteroatoms. The van der Waals surface area contributed by atoms with Crippen molar-refractivity contribution >= 4 is 23.2 Å². The smallest absolute Gasteiger partial charge is 0.348 e. The molecule has 0 radical (unpaired) electrons. The Balaban J connectivity index is 1.85. The molecule has 0 aliphatic heterocycles. The highest BCUT2D eigenvalue weighted by atomic mass is 16.4. The highest BCUT2D eigenvalue weighted by Gasteiger charge is 2.15. The highest BCUT2D eigenvalue weighted by molar-refractivity contribution is 6.01. The summed E-state index contributed by atoms with van der Waals surface area (Å²) in [4.78, 5) is 47.5. The van der Waals surface area contributed by atoms with Gasteiger partial charge in [0, 0.05) is 25.0 Å². The fraction of sp³-hybridized carbons (Fsp3) is 0.333. The third-order valence-electron chi connectivity index (χ3n) is 4.34. The molecule has 2 aromatic heterocycles. The van der Waals surface area contributed by atoms with Crippen molar-refractivity contribution in [1.29, 1.82) is 0 Å². The zero-order chi connectivity index (χ0) is 24.7. The molecule has 2 aromatic rings. The maximum atomic E-state index is 11.9. The van der Waals surface area contributed by atoms with Gasteiger partial charge in [-0.1, -0.05) is 0 Å². The number of hydrazone groups is 2. The van der Waals surface area contributed by atoms with Crippen LogP contribution in [-0.2, 0) is 9.59 Å². The van der Waals surface area contributed by atoms with Gasteiger partial charge in [-0.25, -0.2) is 20.4 Å². The Hall–Kier alpha value is -4.22. The third kappa shape index (κ3) is 6.89. The van der Waals surface area contributed by atoms with Crippen molar-refractivity contribution in [2.24, 2.45) is 10.2 Å². The molecule has 0 atom stereocenters. The van der Waals surface area contributed by atoms with Crippen LogP contribution in [0.2, 0.25) is 0 Å². The van der Waals surface area contributed by atoms with Crippen molar-refractivity contribution in [3.8, 4) is 11.5 Å². The van der Waals surface area contributed by atoms with E-state index in [1.165, 1.54) is 39.8 Å². The Kier molecular flexibility index (Phi) is 8.26. The van der Waals surface area contributed by atoms with Crippen molar-refractivity contribution in [3.05, 3.63) is 55.6 Å². The first kappa shape index (κ1) is 25.0. The lowest BCUT2D eigenvalue weighted by Crippen LogP contribution is -2.23. The zero-order valence-electron chi connectivity index (χ0n) is 18.5. The van der Waals surface area contributed by atoms with E-state index in [1.54, 1.807) is 0 Å². The number of hydrogen-bond donors (Lipinski definition) is 4. The van der Waals surface area contributed by atoms with Gasteiger partial charge in [0.15, 0.2) is 0 Å². The molecule has 0 bridgehead atoms. The SMILES string of the molecule is C/C(=N/NC(=O)CCCC(=O)N/N=C(/C)c1c(O)cc(C)oc1=O)c1c(O)cc(C)oc1=O. The van der Waals surface area contributed by atoms with Gasteiger partial charge in [0.05, 0.1) is 11.4 Å². The zero-order valence-corrected chi connectivity index (χ0v) is 18.5. The first-order valence-corrected chi connectivity index (χ1v) is 9.84. The van der Waals surface area contributed by atoms with Gasteiger partial charge in [0.1, 0.15) is 34.1 Å². The summed E-state index contributed by atoms with van der Waals surface area (Å²) in [6, 6.07) is 2.51. The molecule has 2 rings (SSSR count). The van der Waals surface area contributed by atoms with E-state index in [0.29, 0.717) is 0 Å². The molecule has 0 saturated carbocycles. The lowest BCUT2D eigenvalue weighted by Gasteiger charge is -2.05. The monoisotopic (exact) mass is 460 g/mol. The van der Waals surface area contributed by atoms with Crippen LogP contribution in [0, 0.1) is 13.8 Å². The summed E-state index contributed by atoms with van der Waals surface area (Å²) in [7, 11) is 0. The van der Waals surface area contributed by atoms with Crippen molar-refractivity contribution < 1.29 is 28.6 Å². The van der Waals surface area contributed by atoms with E-state index >= 15 is 0 Å². The van der Waals surface area contributed by atoms with E-state index in [9.17, 15) is 29.4 Å². The Morgan fingerprint density at radius 3 is 1.52 bits per heavy atom. The Morgan fingerprint density at radius 1 is 0.818 bits per heavy atom. The standard InChI is InChI=1S/C21H24N4O8/c1-10-8-14(26)18(20(30)32-10)12(3)22-24-16(28)6-5-7-17(29)25-23-13(4)19-15(27)9-11(2)33-21(19)31/h8-9,26-27H,5-7H2,1-4H3,(H,24,28)(H,25,29)/b22-12-,23-13-. The minimum atomic E-state index is -0.785. The van der Waals surface area contributed by atoms with E-state index in [-0.39, 0.29) is 64.8 Å². The largest absolute Gasteiger partial charge is 0.507 e. The summed E-state index contributed by atoms with van der Waals surface area (Å²) in [5.41, 5.74) is 2.69.